The van der Waals surface area contributed by atoms with Gasteiger partial charge in [-0.2, -0.15) is 0 Å². The molecule has 0 fully saturated rings. The maximum atomic E-state index is 12.9. The molecule has 0 rings (SSSR count). The van der Waals surface area contributed by atoms with E-state index < -0.39 is 6.10 Å². The van der Waals surface area contributed by atoms with Crippen molar-refractivity contribution < 1.29 is 28.6 Å². The first-order valence-corrected chi connectivity index (χ1v) is 34.1. The smallest absolute Gasteiger partial charge is 0.306 e. The topological polar surface area (TPSA) is 78.9 Å². The highest BCUT2D eigenvalue weighted by molar-refractivity contribution is 5.71. The molecular formula is C73H128O6. The zero-order valence-corrected chi connectivity index (χ0v) is 52.4. The molecule has 0 aromatic carbocycles. The summed E-state index contributed by atoms with van der Waals surface area (Å²) in [5, 5.41) is 0. The first-order valence-electron chi connectivity index (χ1n) is 34.1. The van der Waals surface area contributed by atoms with Crippen LogP contribution >= 0.6 is 0 Å². The maximum absolute atomic E-state index is 12.9. The molecule has 0 N–H and O–H groups in total. The molecule has 0 aliphatic heterocycles. The van der Waals surface area contributed by atoms with Crippen LogP contribution in [0.15, 0.2) is 85.1 Å². The lowest BCUT2D eigenvalue weighted by Crippen LogP contribution is -2.30. The van der Waals surface area contributed by atoms with E-state index in [1.54, 1.807) is 0 Å². The molecule has 1 atom stereocenters. The van der Waals surface area contributed by atoms with Gasteiger partial charge in [0.15, 0.2) is 6.10 Å². The molecule has 6 nitrogen and oxygen atoms in total. The van der Waals surface area contributed by atoms with Gasteiger partial charge in [-0.15, -0.1) is 0 Å². The molecule has 0 aliphatic carbocycles. The fourth-order valence-electron chi connectivity index (χ4n) is 9.84. The molecule has 0 bridgehead atoms. The number of hydrogen-bond donors (Lipinski definition) is 0. The minimum Gasteiger partial charge on any atom is -0.462 e. The molecule has 456 valence electrons. The van der Waals surface area contributed by atoms with E-state index in [9.17, 15) is 14.4 Å². The number of rotatable bonds is 62. The first-order chi connectivity index (χ1) is 39.0. The molecule has 0 heterocycles. The molecule has 1 unspecified atom stereocenters. The minimum atomic E-state index is -0.778. The van der Waals surface area contributed by atoms with Crippen LogP contribution in [0.25, 0.3) is 0 Å². The molecule has 0 aromatic rings. The van der Waals surface area contributed by atoms with E-state index in [2.05, 4.69) is 106 Å². The summed E-state index contributed by atoms with van der Waals surface area (Å²) >= 11 is 0. The molecule has 0 saturated carbocycles. The van der Waals surface area contributed by atoms with Gasteiger partial charge < -0.3 is 14.2 Å². The fraction of sp³-hybridized carbons (Fsp3) is 0.767. The van der Waals surface area contributed by atoms with Crippen molar-refractivity contribution in [1.82, 2.24) is 0 Å². The van der Waals surface area contributed by atoms with Crippen molar-refractivity contribution in [2.45, 2.75) is 348 Å². The Morgan fingerprint density at radius 1 is 0.266 bits per heavy atom. The Balaban J connectivity index is 4.23. The van der Waals surface area contributed by atoms with Crippen molar-refractivity contribution in [3.63, 3.8) is 0 Å². The van der Waals surface area contributed by atoms with Crippen LogP contribution in [-0.2, 0) is 28.6 Å². The Kier molecular flexibility index (Phi) is 64.2. The Morgan fingerprint density at radius 2 is 0.494 bits per heavy atom. The van der Waals surface area contributed by atoms with Gasteiger partial charge in [0.2, 0.25) is 0 Å². The van der Waals surface area contributed by atoms with Crippen molar-refractivity contribution >= 4 is 17.9 Å². The van der Waals surface area contributed by atoms with E-state index in [1.165, 1.54) is 193 Å². The lowest BCUT2D eigenvalue weighted by atomic mass is 10.0. The summed E-state index contributed by atoms with van der Waals surface area (Å²) in [4.78, 5) is 38.3. The average molecular weight is 1100 g/mol. The van der Waals surface area contributed by atoms with E-state index >= 15 is 0 Å². The molecule has 0 amide bonds. The molecule has 0 aliphatic rings. The number of carbonyl (C=O) groups excluding carboxylic acids is 3. The summed E-state index contributed by atoms with van der Waals surface area (Å²) in [7, 11) is 0. The molecule has 79 heavy (non-hydrogen) atoms. The molecular weight excluding hydrogens is 973 g/mol. The van der Waals surface area contributed by atoms with Gasteiger partial charge in [-0.3, -0.25) is 14.4 Å². The Morgan fingerprint density at radius 3 is 0.772 bits per heavy atom. The lowest BCUT2D eigenvalue weighted by Gasteiger charge is -2.18. The first kappa shape index (κ1) is 75.6. The summed E-state index contributed by atoms with van der Waals surface area (Å²) in [6, 6.07) is 0. The predicted octanol–water partition coefficient (Wildman–Crippen LogP) is 23.4. The third-order valence-corrected chi connectivity index (χ3v) is 14.9. The second-order valence-corrected chi connectivity index (χ2v) is 22.7. The monoisotopic (exact) mass is 1100 g/mol. The van der Waals surface area contributed by atoms with Crippen molar-refractivity contribution in [2.24, 2.45) is 0 Å². The molecule has 0 spiro atoms. The number of carbonyl (C=O) groups is 3. The largest absolute Gasteiger partial charge is 0.462 e. The number of ether oxygens (including phenoxy) is 3. The molecule has 0 saturated heterocycles. The maximum Gasteiger partial charge on any atom is 0.306 e. The highest BCUT2D eigenvalue weighted by Crippen LogP contribution is 2.18. The van der Waals surface area contributed by atoms with Crippen molar-refractivity contribution in [3.8, 4) is 0 Å². The fourth-order valence-corrected chi connectivity index (χ4v) is 9.84. The van der Waals surface area contributed by atoms with E-state index in [1.807, 2.05) is 0 Å². The number of hydrogen-bond acceptors (Lipinski definition) is 6. The third-order valence-electron chi connectivity index (χ3n) is 14.9. The van der Waals surface area contributed by atoms with Crippen molar-refractivity contribution in [2.75, 3.05) is 13.2 Å². The van der Waals surface area contributed by atoms with Gasteiger partial charge in [0.1, 0.15) is 13.2 Å². The van der Waals surface area contributed by atoms with Crippen LogP contribution in [0.4, 0.5) is 0 Å². The van der Waals surface area contributed by atoms with Gasteiger partial charge in [0, 0.05) is 19.3 Å². The average Bonchev–Trinajstić information content (AvgIpc) is 3.45. The molecule has 0 radical (unpaired) electrons. The highest BCUT2D eigenvalue weighted by Gasteiger charge is 2.19. The normalized spacial score (nSPS) is 12.6. The van der Waals surface area contributed by atoms with Gasteiger partial charge in [0.05, 0.1) is 0 Å². The SMILES string of the molecule is CC/C=C\C/C=C\C/C=C\C/C=C\C/C=C\C/C=C\C/C=C\CCCCCCCCCC(=O)OCC(COC(=O)CCCCCCCCCCCC)OC(=O)CCCCCCCCCCCCCCCCCCCCCCCC. The zero-order chi connectivity index (χ0) is 57.1. The van der Waals surface area contributed by atoms with Crippen LogP contribution in [0.5, 0.6) is 0 Å². The summed E-state index contributed by atoms with van der Waals surface area (Å²) in [6.45, 7) is 6.55. The van der Waals surface area contributed by atoms with Crippen molar-refractivity contribution in [3.05, 3.63) is 85.1 Å². The number of unbranched alkanes of at least 4 members (excludes halogenated alkanes) is 37. The highest BCUT2D eigenvalue weighted by atomic mass is 16.6. The zero-order valence-electron chi connectivity index (χ0n) is 52.4. The summed E-state index contributed by atoms with van der Waals surface area (Å²) in [5.41, 5.74) is 0. The van der Waals surface area contributed by atoms with Crippen LogP contribution in [0, 0.1) is 0 Å². The van der Waals surface area contributed by atoms with E-state index in [4.69, 9.17) is 14.2 Å². The van der Waals surface area contributed by atoms with Crippen LogP contribution in [0.3, 0.4) is 0 Å². The van der Waals surface area contributed by atoms with Crippen LogP contribution in [-0.4, -0.2) is 37.2 Å². The van der Waals surface area contributed by atoms with Crippen LogP contribution in [0.1, 0.15) is 342 Å². The van der Waals surface area contributed by atoms with E-state index in [-0.39, 0.29) is 31.1 Å². The second kappa shape index (κ2) is 67.1. The van der Waals surface area contributed by atoms with E-state index in [0.717, 1.165) is 109 Å². The summed E-state index contributed by atoms with van der Waals surface area (Å²) < 4.78 is 16.9. The van der Waals surface area contributed by atoms with Crippen molar-refractivity contribution in [1.29, 1.82) is 0 Å². The number of allylic oxidation sites excluding steroid dienone is 14. The Labute approximate surface area is 490 Å². The standard InChI is InChI=1S/C73H128O6/c1-4-7-10-13-16-19-22-24-26-28-30-32-34-35-36-37-38-39-40-42-43-45-47-49-51-54-57-60-63-66-72(75)78-69-70(68-77-71(74)65-62-59-56-53-21-18-15-12-9-6-3)79-73(76)67-64-61-58-55-52-50-48-46-44-41-33-31-29-27-25-23-20-17-14-11-8-5-2/h7,10,16,19,24,26,30,32,35-36,38-39,42-43,70H,4-6,8-9,11-15,17-18,20-23,25,27-29,31,33-34,37,40-41,44-69H2,1-3H3/b10-7-,19-16-,26-24-,32-30-,36-35-,39-38-,43-42-. The minimum absolute atomic E-state index is 0.0752. The van der Waals surface area contributed by atoms with E-state index in [0.29, 0.717) is 19.3 Å². The van der Waals surface area contributed by atoms with Crippen LogP contribution < -0.4 is 0 Å². The molecule has 6 heteroatoms. The van der Waals surface area contributed by atoms with Gasteiger partial charge in [-0.1, -0.05) is 331 Å². The van der Waals surface area contributed by atoms with Gasteiger partial charge in [-0.25, -0.2) is 0 Å². The van der Waals surface area contributed by atoms with Gasteiger partial charge >= 0.3 is 17.9 Å². The number of esters is 3. The predicted molar refractivity (Wildman–Crippen MR) is 344 cm³/mol. The summed E-state index contributed by atoms with van der Waals surface area (Å²) in [6.07, 6.45) is 88.9. The lowest BCUT2D eigenvalue weighted by molar-refractivity contribution is -0.167. The second-order valence-electron chi connectivity index (χ2n) is 22.7. The summed E-state index contributed by atoms with van der Waals surface area (Å²) in [5.74, 6) is -0.870. The van der Waals surface area contributed by atoms with Crippen LogP contribution in [0.2, 0.25) is 0 Å². The Hall–Kier alpha value is -3.41. The Bertz CT molecular complexity index is 1500. The van der Waals surface area contributed by atoms with Gasteiger partial charge in [0.25, 0.3) is 0 Å². The quantitative estimate of drug-likeness (QED) is 0.0261. The molecule has 0 aromatic heterocycles. The third kappa shape index (κ3) is 65.3. The van der Waals surface area contributed by atoms with Gasteiger partial charge in [-0.05, 0) is 77.0 Å².